The number of aryl methyl sites for hydroxylation is 1. The Morgan fingerprint density at radius 3 is 2.36 bits per heavy atom. The van der Waals surface area contributed by atoms with Crippen molar-refractivity contribution in [2.45, 2.75) is 6.92 Å². The lowest BCUT2D eigenvalue weighted by atomic mass is 10.1. The Labute approximate surface area is 162 Å². The molecule has 0 aromatic heterocycles. The second-order valence-electron chi connectivity index (χ2n) is 6.15. The van der Waals surface area contributed by atoms with E-state index in [1.54, 1.807) is 30.3 Å². The van der Waals surface area contributed by atoms with E-state index in [0.717, 1.165) is 5.56 Å². The van der Waals surface area contributed by atoms with Crippen molar-refractivity contribution < 1.29 is 19.4 Å². The summed E-state index contributed by atoms with van der Waals surface area (Å²) in [5.74, 6) is -0.236. The molecule has 28 heavy (non-hydrogen) atoms. The molecule has 0 heterocycles. The third kappa shape index (κ3) is 4.88. The number of benzene rings is 3. The molecule has 0 aliphatic rings. The monoisotopic (exact) mass is 376 g/mol. The van der Waals surface area contributed by atoms with Crippen LogP contribution in [-0.2, 0) is 4.79 Å². The number of carbonyl (C=O) groups excluding carboxylic acids is 2. The molecule has 0 fully saturated rings. The van der Waals surface area contributed by atoms with Gasteiger partial charge in [0.2, 0.25) is 0 Å². The zero-order valence-corrected chi connectivity index (χ0v) is 15.3. The summed E-state index contributed by atoms with van der Waals surface area (Å²) in [5.41, 5.74) is 2.01. The number of phenols is 1. The summed E-state index contributed by atoms with van der Waals surface area (Å²) >= 11 is 0. The Morgan fingerprint density at radius 1 is 0.929 bits per heavy atom. The second-order valence-corrected chi connectivity index (χ2v) is 6.15. The molecule has 3 rings (SSSR count). The number of carbonyl (C=O) groups is 2. The first-order chi connectivity index (χ1) is 13.5. The van der Waals surface area contributed by atoms with Gasteiger partial charge in [0.1, 0.15) is 11.5 Å². The highest BCUT2D eigenvalue weighted by molar-refractivity contribution is 6.06. The largest absolute Gasteiger partial charge is 0.506 e. The van der Waals surface area contributed by atoms with Crippen molar-refractivity contribution in [2.75, 3.05) is 17.2 Å². The molecular formula is C22H20N2O4. The predicted octanol–water partition coefficient (Wildman–Crippen LogP) is 3.97. The van der Waals surface area contributed by atoms with Crippen LogP contribution in [0.2, 0.25) is 0 Å². The molecule has 0 saturated carbocycles. The highest BCUT2D eigenvalue weighted by atomic mass is 16.5. The quantitative estimate of drug-likeness (QED) is 0.568. The van der Waals surface area contributed by atoms with E-state index in [1.807, 2.05) is 37.3 Å². The van der Waals surface area contributed by atoms with Gasteiger partial charge in [-0.15, -0.1) is 0 Å². The molecule has 0 aliphatic carbocycles. The lowest BCUT2D eigenvalue weighted by Gasteiger charge is -2.11. The first-order valence-electron chi connectivity index (χ1n) is 8.70. The standard InChI is InChI=1S/C22H20N2O4/c1-15-7-5-6-10-18(15)22(27)24-19-12-11-16(13-20(19)25)23-21(26)14-28-17-8-3-2-4-9-17/h2-13,25H,14H2,1H3,(H,23,26)(H,24,27). The van der Waals surface area contributed by atoms with E-state index in [0.29, 0.717) is 17.0 Å². The van der Waals surface area contributed by atoms with Crippen LogP contribution in [0.4, 0.5) is 11.4 Å². The molecule has 0 spiro atoms. The zero-order chi connectivity index (χ0) is 19.9. The Balaban J connectivity index is 1.60. The molecule has 3 aromatic rings. The lowest BCUT2D eigenvalue weighted by Crippen LogP contribution is -2.20. The van der Waals surface area contributed by atoms with Crippen molar-refractivity contribution >= 4 is 23.2 Å². The molecule has 6 heteroatoms. The van der Waals surface area contributed by atoms with E-state index in [4.69, 9.17) is 4.74 Å². The highest BCUT2D eigenvalue weighted by Gasteiger charge is 2.12. The van der Waals surface area contributed by atoms with Gasteiger partial charge in [0.15, 0.2) is 6.61 Å². The van der Waals surface area contributed by atoms with Crippen LogP contribution in [0.5, 0.6) is 11.5 Å². The molecule has 0 bridgehead atoms. The van der Waals surface area contributed by atoms with Crippen LogP contribution >= 0.6 is 0 Å². The number of hydrogen-bond donors (Lipinski definition) is 3. The molecule has 3 N–H and O–H groups in total. The van der Waals surface area contributed by atoms with E-state index in [9.17, 15) is 14.7 Å². The van der Waals surface area contributed by atoms with Gasteiger partial charge in [-0.05, 0) is 42.8 Å². The average molecular weight is 376 g/mol. The van der Waals surface area contributed by atoms with Crippen molar-refractivity contribution in [3.63, 3.8) is 0 Å². The predicted molar refractivity (Wildman–Crippen MR) is 108 cm³/mol. The van der Waals surface area contributed by atoms with Crippen LogP contribution in [0.25, 0.3) is 0 Å². The smallest absolute Gasteiger partial charge is 0.262 e. The van der Waals surface area contributed by atoms with Crippen molar-refractivity contribution in [3.05, 3.63) is 83.9 Å². The highest BCUT2D eigenvalue weighted by Crippen LogP contribution is 2.27. The van der Waals surface area contributed by atoms with Gasteiger partial charge >= 0.3 is 0 Å². The number of nitrogens with one attached hydrogen (secondary N) is 2. The van der Waals surface area contributed by atoms with E-state index in [-0.39, 0.29) is 29.9 Å². The fraction of sp³-hybridized carbons (Fsp3) is 0.0909. The minimum absolute atomic E-state index is 0.149. The van der Waals surface area contributed by atoms with Gasteiger partial charge < -0.3 is 20.5 Å². The summed E-state index contributed by atoms with van der Waals surface area (Å²) in [6.45, 7) is 1.68. The second kappa shape index (κ2) is 8.73. The van der Waals surface area contributed by atoms with Crippen LogP contribution in [0, 0.1) is 6.92 Å². The maximum absolute atomic E-state index is 12.4. The number of hydrogen-bond acceptors (Lipinski definition) is 4. The summed E-state index contributed by atoms with van der Waals surface area (Å²) in [7, 11) is 0. The van der Waals surface area contributed by atoms with Gasteiger partial charge in [-0.2, -0.15) is 0 Å². The third-order valence-corrected chi connectivity index (χ3v) is 4.03. The number of para-hydroxylation sites is 1. The molecule has 0 aliphatic heterocycles. The number of anilines is 2. The molecule has 0 saturated heterocycles. The number of aromatic hydroxyl groups is 1. The minimum Gasteiger partial charge on any atom is -0.506 e. The van der Waals surface area contributed by atoms with Crippen LogP contribution in [0.1, 0.15) is 15.9 Å². The van der Waals surface area contributed by atoms with E-state index in [1.165, 1.54) is 12.1 Å². The van der Waals surface area contributed by atoms with Gasteiger partial charge in [-0.25, -0.2) is 0 Å². The molecule has 2 amide bonds. The average Bonchev–Trinajstić information content (AvgIpc) is 2.69. The Kier molecular flexibility index (Phi) is 5.91. The van der Waals surface area contributed by atoms with Crippen LogP contribution in [0.3, 0.4) is 0 Å². The maximum atomic E-state index is 12.4. The van der Waals surface area contributed by atoms with Gasteiger partial charge in [-0.3, -0.25) is 9.59 Å². The Morgan fingerprint density at radius 2 is 1.64 bits per heavy atom. The molecular weight excluding hydrogens is 356 g/mol. The Hall–Kier alpha value is -3.80. The van der Waals surface area contributed by atoms with Crippen molar-refractivity contribution in [3.8, 4) is 11.5 Å². The molecule has 6 nitrogen and oxygen atoms in total. The third-order valence-electron chi connectivity index (χ3n) is 4.03. The van der Waals surface area contributed by atoms with Crippen molar-refractivity contribution in [1.29, 1.82) is 0 Å². The van der Waals surface area contributed by atoms with Crippen molar-refractivity contribution in [1.82, 2.24) is 0 Å². The molecule has 142 valence electrons. The summed E-state index contributed by atoms with van der Waals surface area (Å²) in [6, 6.07) is 20.7. The number of rotatable bonds is 6. The summed E-state index contributed by atoms with van der Waals surface area (Å²) in [4.78, 5) is 24.4. The fourth-order valence-corrected chi connectivity index (χ4v) is 2.60. The normalized spacial score (nSPS) is 10.2. The zero-order valence-electron chi connectivity index (χ0n) is 15.3. The van der Waals surface area contributed by atoms with Gasteiger partial charge in [0, 0.05) is 17.3 Å². The van der Waals surface area contributed by atoms with Gasteiger partial charge in [0.25, 0.3) is 11.8 Å². The van der Waals surface area contributed by atoms with Crippen LogP contribution < -0.4 is 15.4 Å². The van der Waals surface area contributed by atoms with Gasteiger partial charge in [0.05, 0.1) is 5.69 Å². The summed E-state index contributed by atoms with van der Waals surface area (Å²) in [5, 5.41) is 15.5. The fourth-order valence-electron chi connectivity index (χ4n) is 2.60. The van der Waals surface area contributed by atoms with Crippen LogP contribution in [0.15, 0.2) is 72.8 Å². The first-order valence-corrected chi connectivity index (χ1v) is 8.70. The number of phenolic OH excluding ortho intramolecular Hbond substituents is 1. The van der Waals surface area contributed by atoms with Crippen LogP contribution in [-0.4, -0.2) is 23.5 Å². The first kappa shape index (κ1) is 19.0. The molecule has 0 radical (unpaired) electrons. The molecule has 0 unspecified atom stereocenters. The van der Waals surface area contributed by atoms with E-state index < -0.39 is 0 Å². The molecule has 0 atom stereocenters. The van der Waals surface area contributed by atoms with Crippen molar-refractivity contribution in [2.24, 2.45) is 0 Å². The minimum atomic E-state index is -0.361. The Bertz CT molecular complexity index is 987. The number of amides is 2. The van der Waals surface area contributed by atoms with E-state index in [2.05, 4.69) is 10.6 Å². The SMILES string of the molecule is Cc1ccccc1C(=O)Nc1ccc(NC(=O)COc2ccccc2)cc1O. The topological polar surface area (TPSA) is 87.7 Å². The summed E-state index contributed by atoms with van der Waals surface area (Å²) < 4.78 is 5.38. The lowest BCUT2D eigenvalue weighted by molar-refractivity contribution is -0.118. The number of ether oxygens (including phenoxy) is 1. The molecule has 3 aromatic carbocycles. The van der Waals surface area contributed by atoms with E-state index >= 15 is 0 Å². The van der Waals surface area contributed by atoms with Gasteiger partial charge in [-0.1, -0.05) is 36.4 Å². The summed E-state index contributed by atoms with van der Waals surface area (Å²) in [6.07, 6.45) is 0. The maximum Gasteiger partial charge on any atom is 0.262 e.